The molecule has 1 aliphatic carbocycles. The minimum Gasteiger partial charge on any atom is -0.325 e. The van der Waals surface area contributed by atoms with Gasteiger partial charge in [0.1, 0.15) is 0 Å². The van der Waals surface area contributed by atoms with E-state index in [1.165, 1.54) is 18.4 Å². The SMILES string of the molecule is CCN(CC(=O)Nc1ccc(C(C)C)cc1)C1CC1. The Hall–Kier alpha value is -1.35. The molecule has 1 aliphatic rings. The summed E-state index contributed by atoms with van der Waals surface area (Å²) in [5.41, 5.74) is 2.19. The Kier molecular flexibility index (Phi) is 4.59. The number of hydrogen-bond acceptors (Lipinski definition) is 2. The maximum atomic E-state index is 12.0. The van der Waals surface area contributed by atoms with Gasteiger partial charge in [-0.1, -0.05) is 32.9 Å². The van der Waals surface area contributed by atoms with E-state index in [4.69, 9.17) is 0 Å². The molecule has 0 atom stereocenters. The molecule has 1 amide bonds. The van der Waals surface area contributed by atoms with Crippen molar-refractivity contribution < 1.29 is 4.79 Å². The maximum absolute atomic E-state index is 12.0. The van der Waals surface area contributed by atoms with E-state index in [2.05, 4.69) is 43.1 Å². The lowest BCUT2D eigenvalue weighted by Gasteiger charge is -2.19. The van der Waals surface area contributed by atoms with Gasteiger partial charge in [-0.3, -0.25) is 9.69 Å². The van der Waals surface area contributed by atoms with Crippen molar-refractivity contribution in [3.63, 3.8) is 0 Å². The largest absolute Gasteiger partial charge is 0.325 e. The van der Waals surface area contributed by atoms with Gasteiger partial charge in [0.25, 0.3) is 0 Å². The van der Waals surface area contributed by atoms with Crippen LogP contribution in [-0.2, 0) is 4.79 Å². The predicted molar refractivity (Wildman–Crippen MR) is 79.4 cm³/mol. The van der Waals surface area contributed by atoms with E-state index < -0.39 is 0 Å². The molecule has 0 bridgehead atoms. The molecule has 1 aromatic carbocycles. The highest BCUT2D eigenvalue weighted by Gasteiger charge is 2.28. The third-order valence-electron chi connectivity index (χ3n) is 3.68. The summed E-state index contributed by atoms with van der Waals surface area (Å²) in [5.74, 6) is 0.612. The third kappa shape index (κ3) is 4.06. The highest BCUT2D eigenvalue weighted by atomic mass is 16.2. The van der Waals surface area contributed by atoms with Crippen LogP contribution in [0.2, 0.25) is 0 Å². The van der Waals surface area contributed by atoms with Crippen molar-refractivity contribution in [3.8, 4) is 0 Å². The summed E-state index contributed by atoms with van der Waals surface area (Å²) < 4.78 is 0. The first-order valence-corrected chi connectivity index (χ1v) is 7.24. The second kappa shape index (κ2) is 6.20. The lowest BCUT2D eigenvalue weighted by Crippen LogP contribution is -2.34. The molecule has 0 saturated heterocycles. The van der Waals surface area contributed by atoms with E-state index in [-0.39, 0.29) is 5.91 Å². The summed E-state index contributed by atoms with van der Waals surface area (Å²) in [5, 5.41) is 2.97. The molecule has 2 rings (SSSR count). The Bertz CT molecular complexity index is 421. The molecule has 1 fully saturated rings. The van der Waals surface area contributed by atoms with Crippen molar-refractivity contribution >= 4 is 11.6 Å². The fraction of sp³-hybridized carbons (Fsp3) is 0.562. The minimum absolute atomic E-state index is 0.0889. The fourth-order valence-electron chi connectivity index (χ4n) is 2.28. The summed E-state index contributed by atoms with van der Waals surface area (Å²) in [7, 11) is 0. The second-order valence-corrected chi connectivity index (χ2v) is 5.62. The monoisotopic (exact) mass is 260 g/mol. The smallest absolute Gasteiger partial charge is 0.238 e. The molecule has 0 heterocycles. The topological polar surface area (TPSA) is 32.3 Å². The number of rotatable bonds is 6. The average Bonchev–Trinajstić information content (AvgIpc) is 3.21. The Morgan fingerprint density at radius 1 is 1.32 bits per heavy atom. The zero-order valence-corrected chi connectivity index (χ0v) is 12.1. The minimum atomic E-state index is 0.0889. The highest BCUT2D eigenvalue weighted by molar-refractivity contribution is 5.92. The number of likely N-dealkylation sites (N-methyl/N-ethyl adjacent to an activating group) is 1. The summed E-state index contributed by atoms with van der Waals surface area (Å²) >= 11 is 0. The van der Waals surface area contributed by atoms with Crippen LogP contribution in [0.25, 0.3) is 0 Å². The van der Waals surface area contributed by atoms with Crippen LogP contribution in [-0.4, -0.2) is 29.9 Å². The number of nitrogens with one attached hydrogen (secondary N) is 1. The maximum Gasteiger partial charge on any atom is 0.238 e. The van der Waals surface area contributed by atoms with Gasteiger partial charge in [-0.25, -0.2) is 0 Å². The van der Waals surface area contributed by atoms with Crippen LogP contribution in [0, 0.1) is 0 Å². The molecule has 3 heteroatoms. The molecular weight excluding hydrogens is 236 g/mol. The van der Waals surface area contributed by atoms with Gasteiger partial charge < -0.3 is 5.32 Å². The number of carbonyl (C=O) groups is 1. The summed E-state index contributed by atoms with van der Waals surface area (Å²) in [6.45, 7) is 7.91. The van der Waals surface area contributed by atoms with Gasteiger partial charge in [-0.05, 0) is 43.0 Å². The van der Waals surface area contributed by atoms with E-state index in [9.17, 15) is 4.79 Å². The lowest BCUT2D eigenvalue weighted by molar-refractivity contribution is -0.117. The van der Waals surface area contributed by atoms with Crippen LogP contribution in [0.5, 0.6) is 0 Å². The van der Waals surface area contributed by atoms with Gasteiger partial charge in [-0.15, -0.1) is 0 Å². The summed E-state index contributed by atoms with van der Waals surface area (Å²) in [4.78, 5) is 14.2. The molecule has 1 saturated carbocycles. The van der Waals surface area contributed by atoms with Crippen LogP contribution in [0.4, 0.5) is 5.69 Å². The van der Waals surface area contributed by atoms with Gasteiger partial charge in [0.05, 0.1) is 6.54 Å². The summed E-state index contributed by atoms with van der Waals surface area (Å²) in [6.07, 6.45) is 2.48. The Labute approximate surface area is 116 Å². The molecule has 0 aromatic heterocycles. The van der Waals surface area contributed by atoms with E-state index in [1.54, 1.807) is 0 Å². The van der Waals surface area contributed by atoms with Crippen LogP contribution < -0.4 is 5.32 Å². The zero-order chi connectivity index (χ0) is 13.8. The highest BCUT2D eigenvalue weighted by Crippen LogP contribution is 2.26. The molecule has 0 radical (unpaired) electrons. The predicted octanol–water partition coefficient (Wildman–Crippen LogP) is 3.23. The molecule has 3 nitrogen and oxygen atoms in total. The molecule has 1 N–H and O–H groups in total. The van der Waals surface area contributed by atoms with Crippen molar-refractivity contribution in [1.29, 1.82) is 0 Å². The number of amides is 1. The van der Waals surface area contributed by atoms with Crippen molar-refractivity contribution in [1.82, 2.24) is 4.90 Å². The molecular formula is C16H24N2O. The molecule has 1 aromatic rings. The standard InChI is InChI=1S/C16H24N2O/c1-4-18(15-9-10-15)11-16(19)17-14-7-5-13(6-8-14)12(2)3/h5-8,12,15H,4,9-11H2,1-3H3,(H,17,19). The zero-order valence-electron chi connectivity index (χ0n) is 12.1. The van der Waals surface area contributed by atoms with E-state index in [0.717, 1.165) is 12.2 Å². The van der Waals surface area contributed by atoms with Gasteiger partial charge >= 0.3 is 0 Å². The molecule has 19 heavy (non-hydrogen) atoms. The van der Waals surface area contributed by atoms with Gasteiger partial charge in [0, 0.05) is 11.7 Å². The van der Waals surface area contributed by atoms with E-state index >= 15 is 0 Å². The van der Waals surface area contributed by atoms with Crippen LogP contribution >= 0.6 is 0 Å². The second-order valence-electron chi connectivity index (χ2n) is 5.62. The van der Waals surface area contributed by atoms with Crippen molar-refractivity contribution in [2.75, 3.05) is 18.4 Å². The Morgan fingerprint density at radius 3 is 2.42 bits per heavy atom. The van der Waals surface area contributed by atoms with Gasteiger partial charge in [0.15, 0.2) is 0 Å². The quantitative estimate of drug-likeness (QED) is 0.851. The third-order valence-corrected chi connectivity index (χ3v) is 3.68. The van der Waals surface area contributed by atoms with Crippen LogP contribution in [0.15, 0.2) is 24.3 Å². The average molecular weight is 260 g/mol. The Balaban J connectivity index is 1.87. The number of carbonyl (C=O) groups excluding carboxylic acids is 1. The lowest BCUT2D eigenvalue weighted by atomic mass is 10.0. The normalized spacial score (nSPS) is 15.0. The molecule has 104 valence electrons. The summed E-state index contributed by atoms with van der Waals surface area (Å²) in [6, 6.07) is 8.78. The number of benzene rings is 1. The number of nitrogens with zero attached hydrogens (tertiary/aromatic N) is 1. The first kappa shape index (κ1) is 14.1. The van der Waals surface area contributed by atoms with Crippen LogP contribution in [0.1, 0.15) is 45.1 Å². The molecule has 0 spiro atoms. The van der Waals surface area contributed by atoms with Crippen molar-refractivity contribution in [3.05, 3.63) is 29.8 Å². The van der Waals surface area contributed by atoms with Crippen molar-refractivity contribution in [2.24, 2.45) is 0 Å². The van der Waals surface area contributed by atoms with E-state index in [0.29, 0.717) is 18.5 Å². The molecule has 0 aliphatic heterocycles. The fourth-order valence-corrected chi connectivity index (χ4v) is 2.28. The van der Waals surface area contributed by atoms with Crippen LogP contribution in [0.3, 0.4) is 0 Å². The number of anilines is 1. The Morgan fingerprint density at radius 2 is 1.95 bits per heavy atom. The molecule has 0 unspecified atom stereocenters. The first-order valence-electron chi connectivity index (χ1n) is 7.24. The van der Waals surface area contributed by atoms with Gasteiger partial charge in [0.2, 0.25) is 5.91 Å². The first-order chi connectivity index (χ1) is 9.10. The van der Waals surface area contributed by atoms with E-state index in [1.807, 2.05) is 12.1 Å². The van der Waals surface area contributed by atoms with Gasteiger partial charge in [-0.2, -0.15) is 0 Å². The number of hydrogen-bond donors (Lipinski definition) is 1. The van der Waals surface area contributed by atoms with Crippen molar-refractivity contribution in [2.45, 2.75) is 45.6 Å².